The van der Waals surface area contributed by atoms with Crippen molar-refractivity contribution in [1.29, 1.82) is 0 Å². The van der Waals surface area contributed by atoms with Gasteiger partial charge in [-0.25, -0.2) is 0 Å². The van der Waals surface area contributed by atoms with Crippen LogP contribution >= 0.6 is 12.2 Å². The molecule has 0 aromatic heterocycles. The van der Waals surface area contributed by atoms with E-state index in [1.54, 1.807) is 0 Å². The van der Waals surface area contributed by atoms with Crippen LogP contribution in [0, 0.1) is 5.92 Å². The van der Waals surface area contributed by atoms with Gasteiger partial charge in [0, 0.05) is 6.42 Å². The molecule has 0 aromatic carbocycles. The maximum absolute atomic E-state index is 5.30. The van der Waals surface area contributed by atoms with E-state index in [0.29, 0.717) is 10.9 Å². The van der Waals surface area contributed by atoms with Crippen LogP contribution < -0.4 is 5.73 Å². The highest BCUT2D eigenvalue weighted by atomic mass is 32.1. The van der Waals surface area contributed by atoms with Gasteiger partial charge in [0.05, 0.1) is 4.99 Å². The molecule has 0 rings (SSSR count). The first-order valence-electron chi connectivity index (χ1n) is 2.95. The van der Waals surface area contributed by atoms with E-state index >= 15 is 0 Å². The molecule has 0 aliphatic rings. The summed E-state index contributed by atoms with van der Waals surface area (Å²) in [6, 6.07) is 0. The van der Waals surface area contributed by atoms with Gasteiger partial charge in [-0.05, 0) is 5.92 Å². The highest BCUT2D eigenvalue weighted by molar-refractivity contribution is 7.80. The fourth-order valence-corrected chi connectivity index (χ4v) is 0.772. The summed E-state index contributed by atoms with van der Waals surface area (Å²) in [4.78, 5) is 0.638. The van der Waals surface area contributed by atoms with Crippen molar-refractivity contribution in [2.24, 2.45) is 11.7 Å². The lowest BCUT2D eigenvalue weighted by Crippen LogP contribution is -2.11. The third-order valence-electron chi connectivity index (χ3n) is 1.25. The summed E-state index contributed by atoms with van der Waals surface area (Å²) in [6.45, 7) is 4.29. The van der Waals surface area contributed by atoms with Gasteiger partial charge in [0.1, 0.15) is 0 Å². The van der Waals surface area contributed by atoms with Crippen molar-refractivity contribution >= 4 is 17.2 Å². The smallest absolute Gasteiger partial charge is 0.0730 e. The lowest BCUT2D eigenvalue weighted by atomic mass is 10.1. The minimum Gasteiger partial charge on any atom is -0.393 e. The average Bonchev–Trinajstić information content (AvgIpc) is 1.65. The van der Waals surface area contributed by atoms with Gasteiger partial charge < -0.3 is 5.73 Å². The average molecular weight is 131 g/mol. The zero-order valence-electron chi connectivity index (χ0n) is 5.48. The Balaban J connectivity index is 3.24. The predicted octanol–water partition coefficient (Wildman–Crippen LogP) is 1.71. The van der Waals surface area contributed by atoms with Crippen molar-refractivity contribution in [2.45, 2.75) is 26.7 Å². The fourth-order valence-electron chi connectivity index (χ4n) is 0.488. The molecule has 1 unspecified atom stereocenters. The summed E-state index contributed by atoms with van der Waals surface area (Å²) in [6.07, 6.45) is 2.06. The second-order valence-corrected chi connectivity index (χ2v) is 2.71. The van der Waals surface area contributed by atoms with Crippen molar-refractivity contribution in [3.8, 4) is 0 Å². The second-order valence-electron chi connectivity index (χ2n) is 2.18. The largest absolute Gasteiger partial charge is 0.393 e. The molecular formula is C6H13NS. The zero-order valence-corrected chi connectivity index (χ0v) is 6.29. The van der Waals surface area contributed by atoms with Gasteiger partial charge in [0.25, 0.3) is 0 Å². The standard InChI is InChI=1S/C6H13NS/c1-3-5(2)4-6(7)8/h5H,3-4H2,1-2H3,(H2,7,8). The van der Waals surface area contributed by atoms with Gasteiger partial charge in [0.2, 0.25) is 0 Å². The summed E-state index contributed by atoms with van der Waals surface area (Å²) in [7, 11) is 0. The van der Waals surface area contributed by atoms with Crippen molar-refractivity contribution in [3.63, 3.8) is 0 Å². The molecule has 0 spiro atoms. The van der Waals surface area contributed by atoms with E-state index in [1.165, 1.54) is 0 Å². The quantitative estimate of drug-likeness (QED) is 0.590. The zero-order chi connectivity index (χ0) is 6.57. The van der Waals surface area contributed by atoms with Gasteiger partial charge in [0.15, 0.2) is 0 Å². The summed E-state index contributed by atoms with van der Waals surface area (Å²) >= 11 is 4.72. The van der Waals surface area contributed by atoms with Crippen LogP contribution in [0.1, 0.15) is 26.7 Å². The lowest BCUT2D eigenvalue weighted by molar-refractivity contribution is 0.588. The van der Waals surface area contributed by atoms with Gasteiger partial charge >= 0.3 is 0 Å². The van der Waals surface area contributed by atoms with Crippen LogP contribution in [0.4, 0.5) is 0 Å². The van der Waals surface area contributed by atoms with Crippen molar-refractivity contribution in [2.75, 3.05) is 0 Å². The maximum atomic E-state index is 5.30. The first-order chi connectivity index (χ1) is 3.66. The number of nitrogens with two attached hydrogens (primary N) is 1. The third-order valence-corrected chi connectivity index (χ3v) is 1.41. The van der Waals surface area contributed by atoms with Crippen LogP contribution in [0.5, 0.6) is 0 Å². The number of rotatable bonds is 3. The van der Waals surface area contributed by atoms with Crippen LogP contribution in [0.15, 0.2) is 0 Å². The van der Waals surface area contributed by atoms with E-state index in [-0.39, 0.29) is 0 Å². The Morgan fingerprint density at radius 1 is 1.75 bits per heavy atom. The molecule has 48 valence electrons. The molecule has 0 radical (unpaired) electrons. The molecule has 0 saturated heterocycles. The minimum absolute atomic E-state index is 0.638. The molecule has 0 heterocycles. The fraction of sp³-hybridized carbons (Fsp3) is 0.833. The van der Waals surface area contributed by atoms with Crippen LogP contribution in [-0.2, 0) is 0 Å². The summed E-state index contributed by atoms with van der Waals surface area (Å²) in [5.74, 6) is 0.660. The Morgan fingerprint density at radius 2 is 2.25 bits per heavy atom. The molecule has 2 N–H and O–H groups in total. The Hall–Kier alpha value is -0.110. The summed E-state index contributed by atoms with van der Waals surface area (Å²) < 4.78 is 0. The predicted molar refractivity (Wildman–Crippen MR) is 40.9 cm³/mol. The molecule has 1 atom stereocenters. The maximum Gasteiger partial charge on any atom is 0.0730 e. The lowest BCUT2D eigenvalue weighted by Gasteiger charge is -2.03. The molecule has 0 saturated carbocycles. The Bertz CT molecular complexity index is 80.6. The van der Waals surface area contributed by atoms with E-state index in [4.69, 9.17) is 18.0 Å². The molecular weight excluding hydrogens is 118 g/mol. The number of thiocarbonyl (C=S) groups is 1. The first-order valence-corrected chi connectivity index (χ1v) is 3.36. The van der Waals surface area contributed by atoms with Gasteiger partial charge in [-0.3, -0.25) is 0 Å². The number of hydrogen-bond acceptors (Lipinski definition) is 1. The van der Waals surface area contributed by atoms with Gasteiger partial charge in [-0.15, -0.1) is 0 Å². The monoisotopic (exact) mass is 131 g/mol. The Morgan fingerprint density at radius 3 is 2.38 bits per heavy atom. The SMILES string of the molecule is CCC(C)CC(N)=S. The molecule has 0 aliphatic heterocycles. The molecule has 1 nitrogen and oxygen atoms in total. The van der Waals surface area contributed by atoms with E-state index in [0.717, 1.165) is 12.8 Å². The molecule has 0 amide bonds. The molecule has 8 heavy (non-hydrogen) atoms. The van der Waals surface area contributed by atoms with Crippen LogP contribution in [0.25, 0.3) is 0 Å². The summed E-state index contributed by atoms with van der Waals surface area (Å²) in [5, 5.41) is 0. The van der Waals surface area contributed by atoms with E-state index in [2.05, 4.69) is 13.8 Å². The van der Waals surface area contributed by atoms with Crippen LogP contribution in [-0.4, -0.2) is 4.99 Å². The molecule has 0 bridgehead atoms. The van der Waals surface area contributed by atoms with Crippen LogP contribution in [0.3, 0.4) is 0 Å². The van der Waals surface area contributed by atoms with Crippen LogP contribution in [0.2, 0.25) is 0 Å². The second kappa shape index (κ2) is 3.84. The molecule has 0 fully saturated rings. The third kappa shape index (κ3) is 4.06. The van der Waals surface area contributed by atoms with Crippen molar-refractivity contribution in [1.82, 2.24) is 0 Å². The normalized spacial score (nSPS) is 13.2. The Labute approximate surface area is 56.3 Å². The molecule has 2 heteroatoms. The highest BCUT2D eigenvalue weighted by Gasteiger charge is 1.97. The van der Waals surface area contributed by atoms with E-state index < -0.39 is 0 Å². The number of hydrogen-bond donors (Lipinski definition) is 1. The molecule has 0 aliphatic carbocycles. The highest BCUT2D eigenvalue weighted by Crippen LogP contribution is 2.04. The van der Waals surface area contributed by atoms with E-state index in [9.17, 15) is 0 Å². The van der Waals surface area contributed by atoms with E-state index in [1.807, 2.05) is 0 Å². The Kier molecular flexibility index (Phi) is 3.79. The first kappa shape index (κ1) is 7.89. The van der Waals surface area contributed by atoms with Gasteiger partial charge in [-0.1, -0.05) is 32.5 Å². The van der Waals surface area contributed by atoms with Crippen molar-refractivity contribution in [3.05, 3.63) is 0 Å². The minimum atomic E-state index is 0.638. The summed E-state index contributed by atoms with van der Waals surface area (Å²) in [5.41, 5.74) is 5.30. The van der Waals surface area contributed by atoms with Gasteiger partial charge in [-0.2, -0.15) is 0 Å². The van der Waals surface area contributed by atoms with Crippen molar-refractivity contribution < 1.29 is 0 Å². The molecule has 0 aromatic rings. The topological polar surface area (TPSA) is 26.0 Å².